The van der Waals surface area contributed by atoms with E-state index in [1.807, 2.05) is 30.3 Å². The van der Waals surface area contributed by atoms with Crippen LogP contribution in [-0.4, -0.2) is 32.7 Å². The summed E-state index contributed by atoms with van der Waals surface area (Å²) in [5.74, 6) is -0.0793. The molecule has 132 valence electrons. The fraction of sp³-hybridized carbons (Fsp3) is 0.316. The summed E-state index contributed by atoms with van der Waals surface area (Å²) in [6.07, 6.45) is 2.62. The van der Waals surface area contributed by atoms with Gasteiger partial charge in [0.15, 0.2) is 0 Å². The molecule has 0 aromatic heterocycles. The molecule has 3 rings (SSSR count). The minimum Gasteiger partial charge on any atom is -0.325 e. The lowest BCUT2D eigenvalue weighted by atomic mass is 9.64. The maximum absolute atomic E-state index is 12.9. The quantitative estimate of drug-likeness (QED) is 0.893. The average molecular weight is 358 g/mol. The Labute approximate surface area is 148 Å². The van der Waals surface area contributed by atoms with Crippen molar-refractivity contribution in [3.05, 3.63) is 60.2 Å². The lowest BCUT2D eigenvalue weighted by Crippen LogP contribution is -2.46. The molecule has 1 amide bonds. The fourth-order valence-corrected chi connectivity index (χ4v) is 4.08. The molecular formula is C19H22N2O3S. The second-order valence-electron chi connectivity index (χ2n) is 6.57. The Bertz CT molecular complexity index is 873. The summed E-state index contributed by atoms with van der Waals surface area (Å²) in [6, 6.07) is 16.2. The maximum Gasteiger partial charge on any atom is 0.242 e. The zero-order valence-electron chi connectivity index (χ0n) is 14.4. The number of nitrogens with one attached hydrogen (secondary N) is 1. The number of benzene rings is 2. The molecular weight excluding hydrogens is 336 g/mol. The largest absolute Gasteiger partial charge is 0.325 e. The molecule has 2 aromatic rings. The molecule has 0 heterocycles. The summed E-state index contributed by atoms with van der Waals surface area (Å²) >= 11 is 0. The van der Waals surface area contributed by atoms with E-state index in [9.17, 15) is 13.2 Å². The molecule has 0 saturated heterocycles. The summed E-state index contributed by atoms with van der Waals surface area (Å²) < 4.78 is 25.7. The highest BCUT2D eigenvalue weighted by atomic mass is 32.2. The number of amides is 1. The Kier molecular flexibility index (Phi) is 4.67. The summed E-state index contributed by atoms with van der Waals surface area (Å²) in [7, 11) is -0.561. The molecule has 2 aromatic carbocycles. The van der Waals surface area contributed by atoms with Gasteiger partial charge in [-0.05, 0) is 36.6 Å². The Balaban J connectivity index is 1.87. The third kappa shape index (κ3) is 3.19. The van der Waals surface area contributed by atoms with Gasteiger partial charge in [0, 0.05) is 19.8 Å². The van der Waals surface area contributed by atoms with Crippen molar-refractivity contribution < 1.29 is 13.2 Å². The average Bonchev–Trinajstić information content (AvgIpc) is 2.55. The molecule has 0 spiro atoms. The highest BCUT2D eigenvalue weighted by Crippen LogP contribution is 2.44. The first-order chi connectivity index (χ1) is 11.9. The third-order valence-electron chi connectivity index (χ3n) is 4.84. The van der Waals surface area contributed by atoms with E-state index < -0.39 is 15.4 Å². The van der Waals surface area contributed by atoms with Gasteiger partial charge in [0.1, 0.15) is 0 Å². The SMILES string of the molecule is CN(C)S(=O)(=O)c1cccc(NC(=O)C2(c3ccccc3)CCC2)c1. The Morgan fingerprint density at radius 3 is 2.28 bits per heavy atom. The van der Waals surface area contributed by atoms with Crippen LogP contribution in [0.15, 0.2) is 59.5 Å². The van der Waals surface area contributed by atoms with Crippen LogP contribution in [0.4, 0.5) is 5.69 Å². The van der Waals surface area contributed by atoms with Crippen LogP contribution >= 0.6 is 0 Å². The zero-order valence-corrected chi connectivity index (χ0v) is 15.2. The van der Waals surface area contributed by atoms with Gasteiger partial charge in [-0.25, -0.2) is 12.7 Å². The maximum atomic E-state index is 12.9. The molecule has 0 radical (unpaired) electrons. The first kappa shape index (κ1) is 17.6. The van der Waals surface area contributed by atoms with E-state index in [0.717, 1.165) is 29.1 Å². The predicted molar refractivity (Wildman–Crippen MR) is 97.9 cm³/mol. The van der Waals surface area contributed by atoms with E-state index in [0.29, 0.717) is 5.69 Å². The van der Waals surface area contributed by atoms with Crippen molar-refractivity contribution in [3.8, 4) is 0 Å². The number of sulfonamides is 1. The third-order valence-corrected chi connectivity index (χ3v) is 6.65. The molecule has 25 heavy (non-hydrogen) atoms. The van der Waals surface area contributed by atoms with Gasteiger partial charge in [-0.1, -0.05) is 42.8 Å². The summed E-state index contributed by atoms with van der Waals surface area (Å²) in [6.45, 7) is 0. The van der Waals surface area contributed by atoms with Crippen molar-refractivity contribution >= 4 is 21.6 Å². The lowest BCUT2D eigenvalue weighted by molar-refractivity contribution is -0.124. The molecule has 1 N–H and O–H groups in total. The second-order valence-corrected chi connectivity index (χ2v) is 8.72. The van der Waals surface area contributed by atoms with Gasteiger partial charge in [0.2, 0.25) is 15.9 Å². The number of hydrogen-bond acceptors (Lipinski definition) is 3. The minimum atomic E-state index is -3.53. The molecule has 6 heteroatoms. The van der Waals surface area contributed by atoms with Crippen LogP contribution in [0, 0.1) is 0 Å². The molecule has 5 nitrogen and oxygen atoms in total. The van der Waals surface area contributed by atoms with E-state index in [2.05, 4.69) is 5.32 Å². The first-order valence-electron chi connectivity index (χ1n) is 8.26. The molecule has 0 atom stereocenters. The lowest BCUT2D eigenvalue weighted by Gasteiger charge is -2.40. The van der Waals surface area contributed by atoms with Gasteiger partial charge in [-0.3, -0.25) is 4.79 Å². The second kappa shape index (κ2) is 6.61. The van der Waals surface area contributed by atoms with E-state index in [1.165, 1.54) is 26.2 Å². The molecule has 1 aliphatic rings. The molecule has 1 aliphatic carbocycles. The van der Waals surface area contributed by atoms with Crippen LogP contribution in [0.25, 0.3) is 0 Å². The van der Waals surface area contributed by atoms with E-state index in [4.69, 9.17) is 0 Å². The van der Waals surface area contributed by atoms with Crippen LogP contribution in [0.3, 0.4) is 0 Å². The highest BCUT2D eigenvalue weighted by molar-refractivity contribution is 7.89. The normalized spacial score (nSPS) is 16.3. The molecule has 1 saturated carbocycles. The Morgan fingerprint density at radius 2 is 1.72 bits per heavy atom. The predicted octanol–water partition coefficient (Wildman–Crippen LogP) is 3.00. The van der Waals surface area contributed by atoms with Crippen molar-refractivity contribution in [2.75, 3.05) is 19.4 Å². The number of nitrogens with zero attached hydrogens (tertiary/aromatic N) is 1. The first-order valence-corrected chi connectivity index (χ1v) is 9.70. The Morgan fingerprint density at radius 1 is 1.04 bits per heavy atom. The van der Waals surface area contributed by atoms with Crippen molar-refractivity contribution in [1.29, 1.82) is 0 Å². The zero-order chi connectivity index (χ0) is 18.1. The van der Waals surface area contributed by atoms with Crippen molar-refractivity contribution in [2.45, 2.75) is 29.6 Å². The number of rotatable bonds is 5. The summed E-state index contributed by atoms with van der Waals surface area (Å²) in [5, 5.41) is 2.91. The van der Waals surface area contributed by atoms with Gasteiger partial charge >= 0.3 is 0 Å². The number of carbonyl (C=O) groups is 1. The van der Waals surface area contributed by atoms with E-state index >= 15 is 0 Å². The van der Waals surface area contributed by atoms with E-state index in [1.54, 1.807) is 12.1 Å². The number of anilines is 1. The van der Waals surface area contributed by atoms with Crippen molar-refractivity contribution in [3.63, 3.8) is 0 Å². The van der Waals surface area contributed by atoms with Crippen LogP contribution < -0.4 is 5.32 Å². The van der Waals surface area contributed by atoms with E-state index in [-0.39, 0.29) is 10.8 Å². The molecule has 0 bridgehead atoms. The van der Waals surface area contributed by atoms with Gasteiger partial charge in [0.05, 0.1) is 10.3 Å². The van der Waals surface area contributed by atoms with Crippen LogP contribution in [0.1, 0.15) is 24.8 Å². The van der Waals surface area contributed by atoms with Gasteiger partial charge in [-0.15, -0.1) is 0 Å². The van der Waals surface area contributed by atoms with Crippen molar-refractivity contribution in [1.82, 2.24) is 4.31 Å². The van der Waals surface area contributed by atoms with Gasteiger partial charge in [0.25, 0.3) is 0 Å². The highest BCUT2D eigenvalue weighted by Gasteiger charge is 2.45. The van der Waals surface area contributed by atoms with Crippen LogP contribution in [0.5, 0.6) is 0 Å². The number of hydrogen-bond donors (Lipinski definition) is 1. The monoisotopic (exact) mass is 358 g/mol. The minimum absolute atomic E-state index is 0.0793. The van der Waals surface area contributed by atoms with Crippen LogP contribution in [0.2, 0.25) is 0 Å². The summed E-state index contributed by atoms with van der Waals surface area (Å²) in [4.78, 5) is 13.1. The van der Waals surface area contributed by atoms with Gasteiger partial charge < -0.3 is 5.32 Å². The smallest absolute Gasteiger partial charge is 0.242 e. The molecule has 1 fully saturated rings. The standard InChI is InChI=1S/C19H22N2O3S/c1-21(2)25(23,24)17-11-6-10-16(14-17)20-18(22)19(12-7-13-19)15-8-4-3-5-9-15/h3-6,8-11,14H,7,12-13H2,1-2H3,(H,20,22). The fourth-order valence-electron chi connectivity index (χ4n) is 3.13. The number of carbonyl (C=O) groups excluding carboxylic acids is 1. The van der Waals surface area contributed by atoms with Crippen molar-refractivity contribution in [2.24, 2.45) is 0 Å². The van der Waals surface area contributed by atoms with Crippen LogP contribution in [-0.2, 0) is 20.2 Å². The van der Waals surface area contributed by atoms with Gasteiger partial charge in [-0.2, -0.15) is 0 Å². The Hall–Kier alpha value is -2.18. The summed E-state index contributed by atoms with van der Waals surface area (Å²) in [5.41, 5.74) is 0.989. The molecule has 0 aliphatic heterocycles. The molecule has 0 unspecified atom stereocenters. The topological polar surface area (TPSA) is 66.5 Å².